The molecule has 112 valence electrons. The summed E-state index contributed by atoms with van der Waals surface area (Å²) in [4.78, 5) is 12.0. The number of para-hydroxylation sites is 1. The number of carbonyl (C=O) groups excluding carboxylic acids is 1. The zero-order chi connectivity index (χ0) is 15.7. The Labute approximate surface area is 133 Å². The molecule has 1 amide bonds. The van der Waals surface area contributed by atoms with Crippen LogP contribution in [0.1, 0.15) is 21.6 Å². The number of benzene rings is 2. The van der Waals surface area contributed by atoms with Crippen molar-refractivity contribution in [3.05, 3.63) is 64.3 Å². The lowest BCUT2D eigenvalue weighted by Gasteiger charge is -2.07. The smallest absolute Gasteiger partial charge is 0.272 e. The fourth-order valence-corrected chi connectivity index (χ4v) is 2.77. The molecule has 3 rings (SSSR count). The lowest BCUT2D eigenvalue weighted by molar-refractivity contribution is 0.0959. The largest absolute Gasteiger partial charge is 0.354 e. The van der Waals surface area contributed by atoms with Crippen LogP contribution < -0.4 is 5.32 Å². The fourth-order valence-electron chi connectivity index (χ4n) is 2.48. The summed E-state index contributed by atoms with van der Waals surface area (Å²) >= 11 is 6.31. The zero-order valence-electron chi connectivity index (χ0n) is 12.4. The molecule has 1 aromatic heterocycles. The molecule has 0 bridgehead atoms. The first-order valence-electron chi connectivity index (χ1n) is 7.03. The van der Waals surface area contributed by atoms with Crippen LogP contribution in [-0.4, -0.2) is 22.7 Å². The third-order valence-electron chi connectivity index (χ3n) is 3.63. The van der Waals surface area contributed by atoms with Crippen LogP contribution in [0.3, 0.4) is 0 Å². The highest BCUT2D eigenvalue weighted by Gasteiger charge is 2.16. The maximum absolute atomic E-state index is 12.0. The number of hydrogen-bond acceptors (Lipinski definition) is 2. The third-order valence-corrected chi connectivity index (χ3v) is 3.98. The second-order valence-electron chi connectivity index (χ2n) is 5.20. The van der Waals surface area contributed by atoms with Crippen molar-refractivity contribution in [2.45, 2.75) is 13.5 Å². The minimum atomic E-state index is -0.190. The van der Waals surface area contributed by atoms with Gasteiger partial charge in [0.25, 0.3) is 5.91 Å². The molecule has 4 nitrogen and oxygen atoms in total. The number of fused-ring (bicyclic) bond motifs is 1. The predicted octanol–water partition coefficient (Wildman–Crippen LogP) is 3.41. The minimum Gasteiger partial charge on any atom is -0.354 e. The monoisotopic (exact) mass is 313 g/mol. The lowest BCUT2D eigenvalue weighted by atomic mass is 10.1. The summed E-state index contributed by atoms with van der Waals surface area (Å²) in [6, 6.07) is 13.6. The average molecular weight is 314 g/mol. The zero-order valence-corrected chi connectivity index (χ0v) is 13.2. The van der Waals surface area contributed by atoms with Gasteiger partial charge in [-0.25, -0.2) is 0 Å². The highest BCUT2D eigenvalue weighted by molar-refractivity contribution is 6.31. The SMILES string of the molecule is CNC(=O)c1nn(Cc2ccc(C)cc2Cl)c2ccccc12. The van der Waals surface area contributed by atoms with Crippen LogP contribution in [0.15, 0.2) is 42.5 Å². The molecular formula is C17H16ClN3O. The molecule has 3 aromatic rings. The molecule has 2 aromatic carbocycles. The molecule has 0 aliphatic heterocycles. The predicted molar refractivity (Wildman–Crippen MR) is 88.4 cm³/mol. The summed E-state index contributed by atoms with van der Waals surface area (Å²) < 4.78 is 1.82. The van der Waals surface area contributed by atoms with Gasteiger partial charge < -0.3 is 5.32 Å². The van der Waals surface area contributed by atoms with E-state index in [9.17, 15) is 4.79 Å². The van der Waals surface area contributed by atoms with Gasteiger partial charge in [0, 0.05) is 17.5 Å². The second-order valence-corrected chi connectivity index (χ2v) is 5.60. The Bertz CT molecular complexity index is 854. The van der Waals surface area contributed by atoms with Crippen molar-refractivity contribution in [3.63, 3.8) is 0 Å². The van der Waals surface area contributed by atoms with Crippen LogP contribution >= 0.6 is 11.6 Å². The van der Waals surface area contributed by atoms with E-state index < -0.39 is 0 Å². The number of nitrogens with one attached hydrogen (secondary N) is 1. The van der Waals surface area contributed by atoms with E-state index in [-0.39, 0.29) is 5.91 Å². The van der Waals surface area contributed by atoms with E-state index in [0.717, 1.165) is 22.0 Å². The van der Waals surface area contributed by atoms with Crippen LogP contribution in [0.25, 0.3) is 10.9 Å². The Morgan fingerprint density at radius 2 is 2.05 bits per heavy atom. The molecular weight excluding hydrogens is 298 g/mol. The van der Waals surface area contributed by atoms with Gasteiger partial charge in [-0.3, -0.25) is 9.48 Å². The molecule has 0 atom stereocenters. The molecule has 0 fully saturated rings. The summed E-state index contributed by atoms with van der Waals surface area (Å²) in [6.07, 6.45) is 0. The number of halogens is 1. The van der Waals surface area contributed by atoms with Crippen molar-refractivity contribution >= 4 is 28.4 Å². The number of aryl methyl sites for hydroxylation is 1. The quantitative estimate of drug-likeness (QED) is 0.805. The van der Waals surface area contributed by atoms with Gasteiger partial charge in [-0.05, 0) is 30.2 Å². The van der Waals surface area contributed by atoms with Gasteiger partial charge in [0.05, 0.1) is 12.1 Å². The molecule has 0 unspecified atom stereocenters. The van der Waals surface area contributed by atoms with Crippen molar-refractivity contribution < 1.29 is 4.79 Å². The van der Waals surface area contributed by atoms with Gasteiger partial charge in [0.15, 0.2) is 5.69 Å². The Morgan fingerprint density at radius 3 is 2.77 bits per heavy atom. The number of rotatable bonds is 3. The van der Waals surface area contributed by atoms with Crippen LogP contribution in [0.2, 0.25) is 5.02 Å². The van der Waals surface area contributed by atoms with E-state index in [1.165, 1.54) is 0 Å². The summed E-state index contributed by atoms with van der Waals surface area (Å²) in [5.74, 6) is -0.190. The molecule has 22 heavy (non-hydrogen) atoms. The standard InChI is InChI=1S/C17H16ClN3O/c1-11-7-8-12(14(18)9-11)10-21-15-6-4-3-5-13(15)16(20-21)17(22)19-2/h3-9H,10H2,1-2H3,(H,19,22). The number of carbonyl (C=O) groups is 1. The topological polar surface area (TPSA) is 46.9 Å². The van der Waals surface area contributed by atoms with Gasteiger partial charge in [-0.1, -0.05) is 41.9 Å². The van der Waals surface area contributed by atoms with Crippen molar-refractivity contribution in [2.75, 3.05) is 7.05 Å². The number of hydrogen-bond donors (Lipinski definition) is 1. The van der Waals surface area contributed by atoms with Gasteiger partial charge in [-0.2, -0.15) is 5.10 Å². The van der Waals surface area contributed by atoms with Crippen LogP contribution in [0.4, 0.5) is 0 Å². The van der Waals surface area contributed by atoms with E-state index in [2.05, 4.69) is 10.4 Å². The number of aromatic nitrogens is 2. The molecule has 1 N–H and O–H groups in total. The molecule has 0 radical (unpaired) electrons. The van der Waals surface area contributed by atoms with E-state index in [0.29, 0.717) is 17.3 Å². The lowest BCUT2D eigenvalue weighted by Crippen LogP contribution is -2.19. The first-order valence-corrected chi connectivity index (χ1v) is 7.40. The third kappa shape index (κ3) is 2.57. The Morgan fingerprint density at radius 1 is 1.27 bits per heavy atom. The average Bonchev–Trinajstić information content (AvgIpc) is 2.88. The highest BCUT2D eigenvalue weighted by atomic mass is 35.5. The van der Waals surface area contributed by atoms with Crippen molar-refractivity contribution in [2.24, 2.45) is 0 Å². The molecule has 0 spiro atoms. The Hall–Kier alpha value is -2.33. The molecule has 1 heterocycles. The first kappa shape index (κ1) is 14.6. The first-order chi connectivity index (χ1) is 10.6. The maximum Gasteiger partial charge on any atom is 0.272 e. The van der Waals surface area contributed by atoms with Crippen molar-refractivity contribution in [1.29, 1.82) is 0 Å². The van der Waals surface area contributed by atoms with E-state index in [4.69, 9.17) is 11.6 Å². The van der Waals surface area contributed by atoms with Gasteiger partial charge >= 0.3 is 0 Å². The van der Waals surface area contributed by atoms with Gasteiger partial charge in [0.1, 0.15) is 0 Å². The fraction of sp³-hybridized carbons (Fsp3) is 0.176. The van der Waals surface area contributed by atoms with Gasteiger partial charge in [0.2, 0.25) is 0 Å². The molecule has 0 aliphatic rings. The summed E-state index contributed by atoms with van der Waals surface area (Å²) in [5.41, 5.74) is 3.44. The summed E-state index contributed by atoms with van der Waals surface area (Å²) in [6.45, 7) is 2.53. The van der Waals surface area contributed by atoms with E-state index in [1.807, 2.05) is 54.1 Å². The van der Waals surface area contributed by atoms with Crippen LogP contribution in [0, 0.1) is 6.92 Å². The molecule has 0 saturated heterocycles. The van der Waals surface area contributed by atoms with E-state index >= 15 is 0 Å². The van der Waals surface area contributed by atoms with Crippen molar-refractivity contribution in [1.82, 2.24) is 15.1 Å². The van der Waals surface area contributed by atoms with E-state index in [1.54, 1.807) is 7.05 Å². The second kappa shape index (κ2) is 5.81. The van der Waals surface area contributed by atoms with Crippen LogP contribution in [0.5, 0.6) is 0 Å². The highest BCUT2D eigenvalue weighted by Crippen LogP contribution is 2.23. The van der Waals surface area contributed by atoms with Gasteiger partial charge in [-0.15, -0.1) is 0 Å². The molecule has 5 heteroatoms. The molecule has 0 saturated carbocycles. The Balaban J connectivity index is 2.09. The Kier molecular flexibility index (Phi) is 3.86. The number of amides is 1. The number of nitrogens with zero attached hydrogens (tertiary/aromatic N) is 2. The van der Waals surface area contributed by atoms with Crippen molar-refractivity contribution in [3.8, 4) is 0 Å². The van der Waals surface area contributed by atoms with Crippen LogP contribution in [-0.2, 0) is 6.54 Å². The summed E-state index contributed by atoms with van der Waals surface area (Å²) in [5, 5.41) is 8.64. The summed E-state index contributed by atoms with van der Waals surface area (Å²) in [7, 11) is 1.60. The minimum absolute atomic E-state index is 0.190. The normalized spacial score (nSPS) is 10.9. The maximum atomic E-state index is 12.0. The molecule has 0 aliphatic carbocycles.